The van der Waals surface area contributed by atoms with E-state index >= 15 is 0 Å². The van der Waals surface area contributed by atoms with E-state index in [2.05, 4.69) is 22.2 Å². The van der Waals surface area contributed by atoms with Crippen molar-refractivity contribution in [3.63, 3.8) is 0 Å². The van der Waals surface area contributed by atoms with Crippen LogP contribution in [0.3, 0.4) is 0 Å². The predicted molar refractivity (Wildman–Crippen MR) is 54.0 cm³/mol. The van der Waals surface area contributed by atoms with Crippen molar-refractivity contribution in [3.8, 4) is 0 Å². The SMILES string of the molecule is CCCc1nc(=S)[nH]c2c1CNC2. The summed E-state index contributed by atoms with van der Waals surface area (Å²) >= 11 is 5.06. The number of nitrogens with one attached hydrogen (secondary N) is 2. The number of H-pyrrole nitrogens is 1. The highest BCUT2D eigenvalue weighted by Gasteiger charge is 2.15. The Hall–Kier alpha value is -0.740. The second-order valence-electron chi connectivity index (χ2n) is 3.30. The Labute approximate surface area is 82.6 Å². The number of aromatic nitrogens is 2. The van der Waals surface area contributed by atoms with Gasteiger partial charge in [0.1, 0.15) is 0 Å². The highest BCUT2D eigenvalue weighted by Crippen LogP contribution is 2.16. The minimum Gasteiger partial charge on any atom is -0.333 e. The van der Waals surface area contributed by atoms with Crippen molar-refractivity contribution >= 4 is 12.2 Å². The maximum Gasteiger partial charge on any atom is 0.197 e. The van der Waals surface area contributed by atoms with Crippen molar-refractivity contribution in [1.82, 2.24) is 15.3 Å². The molecule has 0 bridgehead atoms. The second-order valence-corrected chi connectivity index (χ2v) is 3.69. The first kappa shape index (κ1) is 8.84. The summed E-state index contributed by atoms with van der Waals surface area (Å²) in [6, 6.07) is 0. The number of rotatable bonds is 2. The molecule has 0 spiro atoms. The van der Waals surface area contributed by atoms with Crippen LogP contribution in [0.1, 0.15) is 30.3 Å². The van der Waals surface area contributed by atoms with Gasteiger partial charge in [-0.15, -0.1) is 0 Å². The van der Waals surface area contributed by atoms with Crippen molar-refractivity contribution in [2.45, 2.75) is 32.9 Å². The minimum atomic E-state index is 0.617. The number of hydrogen-bond acceptors (Lipinski definition) is 3. The highest BCUT2D eigenvalue weighted by molar-refractivity contribution is 7.71. The van der Waals surface area contributed by atoms with E-state index in [1.165, 1.54) is 17.0 Å². The summed E-state index contributed by atoms with van der Waals surface area (Å²) in [6.45, 7) is 4.00. The number of fused-ring (bicyclic) bond motifs is 1. The van der Waals surface area contributed by atoms with Gasteiger partial charge in [0.05, 0.1) is 0 Å². The number of aryl methyl sites for hydroxylation is 1. The average Bonchev–Trinajstić information content (AvgIpc) is 2.52. The summed E-state index contributed by atoms with van der Waals surface area (Å²) in [6.07, 6.45) is 2.15. The number of nitrogens with zero attached hydrogens (tertiary/aromatic N) is 1. The zero-order valence-corrected chi connectivity index (χ0v) is 8.50. The lowest BCUT2D eigenvalue weighted by Gasteiger charge is -2.04. The molecular weight excluding hydrogens is 182 g/mol. The van der Waals surface area contributed by atoms with Gasteiger partial charge in [-0.3, -0.25) is 0 Å². The quantitative estimate of drug-likeness (QED) is 0.706. The highest BCUT2D eigenvalue weighted by atomic mass is 32.1. The molecule has 0 atom stereocenters. The summed E-state index contributed by atoms with van der Waals surface area (Å²) in [4.78, 5) is 7.48. The van der Waals surface area contributed by atoms with Gasteiger partial charge in [0.15, 0.2) is 4.77 Å². The van der Waals surface area contributed by atoms with Gasteiger partial charge in [0.25, 0.3) is 0 Å². The Morgan fingerprint density at radius 3 is 3.08 bits per heavy atom. The van der Waals surface area contributed by atoms with Gasteiger partial charge in [-0.25, -0.2) is 4.98 Å². The van der Waals surface area contributed by atoms with Crippen LogP contribution in [-0.4, -0.2) is 9.97 Å². The molecule has 2 N–H and O–H groups in total. The molecule has 1 aliphatic heterocycles. The first-order valence-electron chi connectivity index (χ1n) is 4.63. The van der Waals surface area contributed by atoms with Crippen molar-refractivity contribution < 1.29 is 0 Å². The monoisotopic (exact) mass is 195 g/mol. The molecule has 1 aromatic heterocycles. The van der Waals surface area contributed by atoms with Gasteiger partial charge < -0.3 is 10.3 Å². The van der Waals surface area contributed by atoms with E-state index in [1.54, 1.807) is 0 Å². The van der Waals surface area contributed by atoms with Crippen LogP contribution < -0.4 is 5.32 Å². The van der Waals surface area contributed by atoms with Gasteiger partial charge in [0.2, 0.25) is 0 Å². The number of aromatic amines is 1. The standard InChI is InChI=1S/C9H13N3S/c1-2-3-7-6-4-10-5-8(6)12-9(13)11-7/h10H,2-5H2,1H3,(H,11,12,13). The molecule has 0 saturated carbocycles. The molecule has 4 heteroatoms. The van der Waals surface area contributed by atoms with E-state index in [-0.39, 0.29) is 0 Å². The van der Waals surface area contributed by atoms with Crippen LogP contribution in [0.4, 0.5) is 0 Å². The molecule has 0 unspecified atom stereocenters. The minimum absolute atomic E-state index is 0.617. The molecule has 13 heavy (non-hydrogen) atoms. The zero-order chi connectivity index (χ0) is 9.26. The van der Waals surface area contributed by atoms with E-state index < -0.39 is 0 Å². The van der Waals surface area contributed by atoms with Gasteiger partial charge in [0, 0.05) is 30.0 Å². The van der Waals surface area contributed by atoms with Crippen molar-refractivity contribution in [1.29, 1.82) is 0 Å². The van der Waals surface area contributed by atoms with Gasteiger partial charge in [-0.05, 0) is 18.6 Å². The molecule has 0 saturated heterocycles. The molecule has 70 valence electrons. The largest absolute Gasteiger partial charge is 0.333 e. The summed E-state index contributed by atoms with van der Waals surface area (Å²) in [5.41, 5.74) is 3.73. The van der Waals surface area contributed by atoms with Crippen molar-refractivity contribution in [2.24, 2.45) is 0 Å². The number of hydrogen-bond donors (Lipinski definition) is 2. The maximum atomic E-state index is 5.06. The van der Waals surface area contributed by atoms with Crippen LogP contribution in [0.2, 0.25) is 0 Å². The lowest BCUT2D eigenvalue weighted by atomic mass is 10.1. The summed E-state index contributed by atoms with van der Waals surface area (Å²) in [7, 11) is 0. The fourth-order valence-electron chi connectivity index (χ4n) is 1.71. The van der Waals surface area contributed by atoms with Crippen LogP contribution in [0.15, 0.2) is 0 Å². The molecule has 3 nitrogen and oxygen atoms in total. The molecule has 0 aromatic carbocycles. The topological polar surface area (TPSA) is 40.7 Å². The van der Waals surface area contributed by atoms with Gasteiger partial charge in [-0.1, -0.05) is 13.3 Å². The van der Waals surface area contributed by atoms with Crippen LogP contribution in [0.5, 0.6) is 0 Å². The average molecular weight is 195 g/mol. The van der Waals surface area contributed by atoms with E-state index in [9.17, 15) is 0 Å². The lowest BCUT2D eigenvalue weighted by Crippen LogP contribution is -2.02. The molecule has 0 aliphatic carbocycles. The van der Waals surface area contributed by atoms with E-state index in [4.69, 9.17) is 12.2 Å². The third kappa shape index (κ3) is 1.64. The van der Waals surface area contributed by atoms with Crippen LogP contribution in [0.25, 0.3) is 0 Å². The van der Waals surface area contributed by atoms with E-state index in [1.807, 2.05) is 0 Å². The third-order valence-electron chi connectivity index (χ3n) is 2.30. The fraction of sp³-hybridized carbons (Fsp3) is 0.556. The molecule has 0 amide bonds. The Bertz CT molecular complexity index is 370. The zero-order valence-electron chi connectivity index (χ0n) is 7.68. The molecule has 0 fully saturated rings. The predicted octanol–water partition coefficient (Wildman–Crippen LogP) is 1.69. The molecule has 1 aliphatic rings. The van der Waals surface area contributed by atoms with E-state index in [0.29, 0.717) is 4.77 Å². The third-order valence-corrected chi connectivity index (χ3v) is 2.49. The smallest absolute Gasteiger partial charge is 0.197 e. The summed E-state index contributed by atoms with van der Waals surface area (Å²) in [5.74, 6) is 0. The molecular formula is C9H13N3S. The van der Waals surface area contributed by atoms with Crippen molar-refractivity contribution in [2.75, 3.05) is 0 Å². The fourth-order valence-corrected chi connectivity index (χ4v) is 1.95. The Kier molecular flexibility index (Phi) is 2.42. The Morgan fingerprint density at radius 2 is 2.31 bits per heavy atom. The maximum absolute atomic E-state index is 5.06. The second kappa shape index (κ2) is 3.55. The summed E-state index contributed by atoms with van der Waals surface area (Å²) < 4.78 is 0.617. The molecule has 2 heterocycles. The molecule has 0 radical (unpaired) electrons. The molecule has 2 rings (SSSR count). The Morgan fingerprint density at radius 1 is 1.46 bits per heavy atom. The van der Waals surface area contributed by atoms with Crippen LogP contribution >= 0.6 is 12.2 Å². The Balaban J connectivity index is 2.49. The molecule has 1 aromatic rings. The normalized spacial score (nSPS) is 14.5. The van der Waals surface area contributed by atoms with Crippen LogP contribution in [0, 0.1) is 4.77 Å². The van der Waals surface area contributed by atoms with Gasteiger partial charge in [-0.2, -0.15) is 0 Å². The van der Waals surface area contributed by atoms with Gasteiger partial charge >= 0.3 is 0 Å². The summed E-state index contributed by atoms with van der Waals surface area (Å²) in [5, 5.41) is 3.30. The van der Waals surface area contributed by atoms with E-state index in [0.717, 1.165) is 25.9 Å². The van der Waals surface area contributed by atoms with Crippen molar-refractivity contribution in [3.05, 3.63) is 21.7 Å². The van der Waals surface area contributed by atoms with Crippen LogP contribution in [-0.2, 0) is 19.5 Å². The first-order valence-corrected chi connectivity index (χ1v) is 5.03. The lowest BCUT2D eigenvalue weighted by molar-refractivity contribution is 0.753. The first-order chi connectivity index (χ1) is 6.31.